The summed E-state index contributed by atoms with van der Waals surface area (Å²) in [5.41, 5.74) is 2.63. The summed E-state index contributed by atoms with van der Waals surface area (Å²) in [5, 5.41) is 9.32. The third-order valence-corrected chi connectivity index (χ3v) is 7.49. The molecule has 0 amide bonds. The van der Waals surface area contributed by atoms with Gasteiger partial charge in [-0.3, -0.25) is 9.69 Å². The van der Waals surface area contributed by atoms with Crippen LogP contribution in [0.25, 0.3) is 10.6 Å². The molecule has 2 atom stereocenters. The number of nitrogens with zero attached hydrogens (tertiary/aromatic N) is 2. The van der Waals surface area contributed by atoms with E-state index in [2.05, 4.69) is 11.9 Å². The molecule has 2 aromatic rings. The van der Waals surface area contributed by atoms with Gasteiger partial charge in [-0.2, -0.15) is 0 Å². The maximum absolute atomic E-state index is 11.3. The lowest BCUT2D eigenvalue weighted by molar-refractivity contribution is -0.143. The third kappa shape index (κ3) is 6.45. The molecule has 7 nitrogen and oxygen atoms in total. The molecule has 1 saturated carbocycles. The SMILES string of the molecule is Cc1nc(-c2sc(Cl)cc2COCN(C)CC2COC2)ccc1O[C@H]1CCC[C@H](C(=O)O)C1. The van der Waals surface area contributed by atoms with Gasteiger partial charge in [0.15, 0.2) is 0 Å². The number of carboxylic acids is 1. The lowest BCUT2D eigenvalue weighted by Gasteiger charge is -2.30. The monoisotopic (exact) mass is 494 g/mol. The Hall–Kier alpha value is -1.71. The van der Waals surface area contributed by atoms with Crippen molar-refractivity contribution in [3.63, 3.8) is 0 Å². The number of halogens is 1. The van der Waals surface area contributed by atoms with Crippen LogP contribution in [0.5, 0.6) is 5.75 Å². The van der Waals surface area contributed by atoms with E-state index in [1.807, 2.05) is 25.1 Å². The van der Waals surface area contributed by atoms with Crippen molar-refractivity contribution in [3.8, 4) is 16.3 Å². The Labute approximate surface area is 203 Å². The summed E-state index contributed by atoms with van der Waals surface area (Å²) in [6.45, 7) is 5.55. The summed E-state index contributed by atoms with van der Waals surface area (Å²) in [6.07, 6.45) is 2.91. The van der Waals surface area contributed by atoms with E-state index >= 15 is 0 Å². The second-order valence-corrected chi connectivity index (χ2v) is 10.7. The molecule has 1 saturated heterocycles. The van der Waals surface area contributed by atoms with E-state index in [0.29, 0.717) is 35.8 Å². The molecule has 0 aromatic carbocycles. The van der Waals surface area contributed by atoms with Gasteiger partial charge in [-0.1, -0.05) is 11.6 Å². The van der Waals surface area contributed by atoms with Crippen molar-refractivity contribution in [3.05, 3.63) is 33.8 Å². The van der Waals surface area contributed by atoms with Crippen molar-refractivity contribution in [1.82, 2.24) is 9.88 Å². The molecule has 1 aliphatic heterocycles. The number of aromatic nitrogens is 1. The summed E-state index contributed by atoms with van der Waals surface area (Å²) in [6, 6.07) is 5.81. The number of hydrogen-bond acceptors (Lipinski definition) is 7. The standard InChI is InChI=1S/C24H31ClN2O5S/c1-15-21(32-19-5-3-4-17(8-19)24(28)29)7-6-20(26-15)23-18(9-22(25)33-23)13-31-14-27(2)10-16-11-30-12-16/h6-7,9,16-17,19H,3-5,8,10-14H2,1-2H3,(H,28,29)/t17-,19-/m0/s1. The summed E-state index contributed by atoms with van der Waals surface area (Å²) in [7, 11) is 2.05. The van der Waals surface area contributed by atoms with Gasteiger partial charge in [0, 0.05) is 12.5 Å². The number of aliphatic carboxylic acids is 1. The Kier molecular flexibility index (Phi) is 8.24. The van der Waals surface area contributed by atoms with Crippen molar-refractivity contribution >= 4 is 28.9 Å². The van der Waals surface area contributed by atoms with Gasteiger partial charge in [0.1, 0.15) is 5.75 Å². The molecule has 33 heavy (non-hydrogen) atoms. The largest absolute Gasteiger partial charge is 0.489 e. The lowest BCUT2D eigenvalue weighted by atomic mass is 9.87. The fourth-order valence-electron chi connectivity index (χ4n) is 4.37. The van der Waals surface area contributed by atoms with E-state index in [1.54, 1.807) is 0 Å². The van der Waals surface area contributed by atoms with Crippen molar-refractivity contribution in [2.45, 2.75) is 45.3 Å². The van der Waals surface area contributed by atoms with Crippen LogP contribution in [0.15, 0.2) is 18.2 Å². The molecular weight excluding hydrogens is 464 g/mol. The molecule has 0 bridgehead atoms. The second-order valence-electron chi connectivity index (χ2n) is 9.05. The molecule has 9 heteroatoms. The highest BCUT2D eigenvalue weighted by Gasteiger charge is 2.28. The highest BCUT2D eigenvalue weighted by molar-refractivity contribution is 7.19. The van der Waals surface area contributed by atoms with E-state index in [4.69, 9.17) is 30.8 Å². The van der Waals surface area contributed by atoms with Crippen molar-refractivity contribution in [2.24, 2.45) is 11.8 Å². The number of aryl methyl sites for hydroxylation is 1. The van der Waals surface area contributed by atoms with Crippen LogP contribution in [0.4, 0.5) is 0 Å². The predicted molar refractivity (Wildman–Crippen MR) is 128 cm³/mol. The average Bonchev–Trinajstić information content (AvgIpc) is 3.13. The maximum atomic E-state index is 11.3. The molecule has 2 aliphatic rings. The van der Waals surface area contributed by atoms with Crippen LogP contribution in [0, 0.1) is 18.8 Å². The fraction of sp³-hybridized carbons (Fsp3) is 0.583. The van der Waals surface area contributed by atoms with Gasteiger partial charge in [-0.05, 0) is 63.4 Å². The van der Waals surface area contributed by atoms with Gasteiger partial charge in [0.05, 0.1) is 59.2 Å². The highest BCUT2D eigenvalue weighted by Crippen LogP contribution is 2.37. The minimum absolute atomic E-state index is 0.0881. The minimum atomic E-state index is -0.735. The molecular formula is C24H31ClN2O5S. The number of ether oxygens (including phenoxy) is 3. The zero-order valence-corrected chi connectivity index (χ0v) is 20.7. The molecule has 180 valence electrons. The number of carbonyl (C=O) groups is 1. The number of rotatable bonds is 10. The van der Waals surface area contributed by atoms with Crippen molar-refractivity contribution in [2.75, 3.05) is 33.5 Å². The van der Waals surface area contributed by atoms with Crippen LogP contribution < -0.4 is 4.74 Å². The van der Waals surface area contributed by atoms with Gasteiger partial charge in [-0.15, -0.1) is 11.3 Å². The zero-order valence-electron chi connectivity index (χ0n) is 19.1. The van der Waals surface area contributed by atoms with Crippen LogP contribution in [0.3, 0.4) is 0 Å². The Morgan fingerprint density at radius 3 is 2.88 bits per heavy atom. The Bertz CT molecular complexity index is 964. The minimum Gasteiger partial charge on any atom is -0.489 e. The van der Waals surface area contributed by atoms with Crippen molar-refractivity contribution in [1.29, 1.82) is 0 Å². The molecule has 4 rings (SSSR count). The lowest BCUT2D eigenvalue weighted by Crippen LogP contribution is -2.38. The summed E-state index contributed by atoms with van der Waals surface area (Å²) in [4.78, 5) is 19.3. The highest BCUT2D eigenvalue weighted by atomic mass is 35.5. The summed E-state index contributed by atoms with van der Waals surface area (Å²) >= 11 is 7.82. The van der Waals surface area contributed by atoms with E-state index in [1.165, 1.54) is 11.3 Å². The van der Waals surface area contributed by atoms with Crippen LogP contribution >= 0.6 is 22.9 Å². The normalized spacial score (nSPS) is 21.2. The first-order valence-electron chi connectivity index (χ1n) is 11.4. The molecule has 3 heterocycles. The maximum Gasteiger partial charge on any atom is 0.306 e. The van der Waals surface area contributed by atoms with E-state index in [0.717, 1.165) is 60.8 Å². The first-order chi connectivity index (χ1) is 15.9. The molecule has 0 unspecified atom stereocenters. The van der Waals surface area contributed by atoms with Crippen LogP contribution in [0.1, 0.15) is 36.9 Å². The topological polar surface area (TPSA) is 81.1 Å². The summed E-state index contributed by atoms with van der Waals surface area (Å²) < 4.78 is 18.0. The average molecular weight is 495 g/mol. The first kappa shape index (κ1) is 24.4. The number of thiophene rings is 1. The predicted octanol–water partition coefficient (Wildman–Crippen LogP) is 4.85. The Morgan fingerprint density at radius 2 is 2.18 bits per heavy atom. The van der Waals surface area contributed by atoms with Crippen molar-refractivity contribution < 1.29 is 24.1 Å². The van der Waals surface area contributed by atoms with E-state index in [-0.39, 0.29) is 12.0 Å². The van der Waals surface area contributed by atoms with Gasteiger partial charge in [0.2, 0.25) is 0 Å². The number of pyridine rings is 1. The fourth-order valence-corrected chi connectivity index (χ4v) is 5.60. The first-order valence-corrected chi connectivity index (χ1v) is 12.6. The summed E-state index contributed by atoms with van der Waals surface area (Å²) in [5.74, 6) is 0.243. The number of carboxylic acid groups (broad SMARTS) is 1. The van der Waals surface area contributed by atoms with Gasteiger partial charge >= 0.3 is 5.97 Å². The van der Waals surface area contributed by atoms with E-state index < -0.39 is 5.97 Å². The zero-order chi connectivity index (χ0) is 23.4. The van der Waals surface area contributed by atoms with Crippen LogP contribution in [0.2, 0.25) is 4.34 Å². The second kappa shape index (κ2) is 11.1. The third-order valence-electron chi connectivity index (χ3n) is 6.16. The molecule has 2 aromatic heterocycles. The van der Waals surface area contributed by atoms with Crippen LogP contribution in [-0.4, -0.2) is 60.6 Å². The van der Waals surface area contributed by atoms with Gasteiger partial charge in [-0.25, -0.2) is 4.98 Å². The molecule has 1 N–H and O–H groups in total. The van der Waals surface area contributed by atoms with Gasteiger partial charge < -0.3 is 19.3 Å². The quantitative estimate of drug-likeness (QED) is 0.473. The number of hydrogen-bond donors (Lipinski definition) is 1. The Morgan fingerprint density at radius 1 is 1.36 bits per heavy atom. The van der Waals surface area contributed by atoms with E-state index in [9.17, 15) is 9.90 Å². The molecule has 2 fully saturated rings. The molecule has 0 radical (unpaired) electrons. The smallest absolute Gasteiger partial charge is 0.306 e. The molecule has 0 spiro atoms. The Balaban J connectivity index is 1.37. The van der Waals surface area contributed by atoms with Crippen LogP contribution in [-0.2, 0) is 20.9 Å². The van der Waals surface area contributed by atoms with Gasteiger partial charge in [0.25, 0.3) is 0 Å². The molecule has 1 aliphatic carbocycles.